The van der Waals surface area contributed by atoms with Crippen LogP contribution in [0.15, 0.2) is 35.4 Å². The zero-order valence-corrected chi connectivity index (χ0v) is 21.3. The van der Waals surface area contributed by atoms with E-state index < -0.39 is 11.2 Å². The zero-order chi connectivity index (χ0) is 25.4. The summed E-state index contributed by atoms with van der Waals surface area (Å²) in [5.41, 5.74) is 7.88. The number of hydrogen-bond acceptors (Lipinski definition) is 7. The molecule has 1 aromatic carbocycles. The van der Waals surface area contributed by atoms with E-state index in [-0.39, 0.29) is 6.10 Å². The van der Waals surface area contributed by atoms with Crippen molar-refractivity contribution in [1.82, 2.24) is 9.88 Å². The molecule has 184 valence electrons. The number of nitrogens with zero attached hydrogens (tertiary/aromatic N) is 5. The fourth-order valence-corrected chi connectivity index (χ4v) is 5.35. The molecule has 2 atom stereocenters. The second-order valence-electron chi connectivity index (χ2n) is 8.26. The number of rotatable bonds is 10. The fraction of sp³-hybridized carbons (Fsp3) is 0.462. The van der Waals surface area contributed by atoms with Crippen LogP contribution in [0.5, 0.6) is 0 Å². The van der Waals surface area contributed by atoms with Crippen molar-refractivity contribution in [1.29, 1.82) is 5.26 Å². The summed E-state index contributed by atoms with van der Waals surface area (Å²) in [5, 5.41) is 9.73. The number of nitrogens with two attached hydrogens (primary N) is 1. The van der Waals surface area contributed by atoms with Crippen LogP contribution >= 0.6 is 11.8 Å². The van der Waals surface area contributed by atoms with Crippen molar-refractivity contribution in [2.45, 2.75) is 43.6 Å². The molecule has 0 spiro atoms. The Morgan fingerprint density at radius 1 is 1.37 bits per heavy atom. The molecule has 2 N–H and O–H groups in total. The SMILES string of the molecule is [C-]#[N+]c1c(N2CCOC(CN(CC)CC)C2)nc(SC(C(N)=O)c2ccccc2)c(C#N)c1CC. The van der Waals surface area contributed by atoms with Gasteiger partial charge in [-0.2, -0.15) is 5.26 Å². The van der Waals surface area contributed by atoms with Crippen molar-refractivity contribution >= 4 is 29.2 Å². The van der Waals surface area contributed by atoms with Crippen molar-refractivity contribution in [3.8, 4) is 6.07 Å². The summed E-state index contributed by atoms with van der Waals surface area (Å²) in [7, 11) is 0. The third-order valence-electron chi connectivity index (χ3n) is 6.18. The Morgan fingerprint density at radius 2 is 2.09 bits per heavy atom. The molecule has 1 fully saturated rings. The molecular formula is C26H32N6O2S. The normalized spacial score (nSPS) is 16.5. The minimum absolute atomic E-state index is 0.0106. The number of thioether (sulfide) groups is 1. The second-order valence-corrected chi connectivity index (χ2v) is 9.35. The molecule has 0 radical (unpaired) electrons. The lowest BCUT2D eigenvalue weighted by atomic mass is 10.1. The Labute approximate surface area is 211 Å². The highest BCUT2D eigenvalue weighted by atomic mass is 32.2. The lowest BCUT2D eigenvalue weighted by molar-refractivity contribution is -0.117. The van der Waals surface area contributed by atoms with Crippen LogP contribution < -0.4 is 10.6 Å². The van der Waals surface area contributed by atoms with E-state index in [4.69, 9.17) is 22.0 Å². The zero-order valence-electron chi connectivity index (χ0n) is 20.5. The van der Waals surface area contributed by atoms with E-state index in [9.17, 15) is 10.1 Å². The standard InChI is InChI=1S/C26H32N6O2S/c1-5-20-21(15-27)26(35-23(24(28)33)18-11-9-8-10-12-18)30-25(22(20)29-4)32-13-14-34-19(17-32)16-31(6-2)7-3/h8-12,19,23H,5-7,13-14,16-17H2,1-3H3,(H2,28,33). The number of pyridine rings is 1. The van der Waals surface area contributed by atoms with Crippen LogP contribution in [-0.4, -0.2) is 61.2 Å². The molecule has 1 aromatic heterocycles. The molecular weight excluding hydrogens is 460 g/mol. The van der Waals surface area contributed by atoms with Crippen molar-refractivity contribution < 1.29 is 9.53 Å². The van der Waals surface area contributed by atoms with Gasteiger partial charge in [0.1, 0.15) is 22.2 Å². The van der Waals surface area contributed by atoms with E-state index in [0.717, 1.165) is 25.2 Å². The van der Waals surface area contributed by atoms with Gasteiger partial charge in [0.2, 0.25) is 11.6 Å². The number of ether oxygens (including phenoxy) is 1. The van der Waals surface area contributed by atoms with E-state index in [2.05, 4.69) is 34.6 Å². The molecule has 0 aliphatic carbocycles. The first-order valence-electron chi connectivity index (χ1n) is 11.9. The van der Waals surface area contributed by atoms with E-state index in [0.29, 0.717) is 53.8 Å². The van der Waals surface area contributed by atoms with Gasteiger partial charge in [0.25, 0.3) is 0 Å². The Balaban J connectivity index is 2.04. The van der Waals surface area contributed by atoms with E-state index in [1.54, 1.807) is 0 Å². The summed E-state index contributed by atoms with van der Waals surface area (Å²) in [6.45, 7) is 18.5. The highest BCUT2D eigenvalue weighted by Crippen LogP contribution is 2.42. The van der Waals surface area contributed by atoms with Gasteiger partial charge in [0.05, 0.1) is 24.8 Å². The maximum absolute atomic E-state index is 12.4. The first kappa shape index (κ1) is 26.5. The molecule has 2 heterocycles. The average Bonchev–Trinajstić information content (AvgIpc) is 2.89. The lowest BCUT2D eigenvalue weighted by Gasteiger charge is -2.37. The first-order valence-corrected chi connectivity index (χ1v) is 12.8. The molecule has 0 bridgehead atoms. The molecule has 3 rings (SSSR count). The molecule has 9 heteroatoms. The fourth-order valence-electron chi connectivity index (χ4n) is 4.29. The number of likely N-dealkylation sites (N-methyl/N-ethyl adjacent to an activating group) is 1. The number of anilines is 1. The maximum Gasteiger partial charge on any atom is 0.235 e. The summed E-state index contributed by atoms with van der Waals surface area (Å²) in [4.78, 5) is 25.4. The summed E-state index contributed by atoms with van der Waals surface area (Å²) in [6.07, 6.45) is 0.493. The molecule has 1 aliphatic rings. The quantitative estimate of drug-likeness (QED) is 0.396. The van der Waals surface area contributed by atoms with Crippen molar-refractivity contribution in [2.24, 2.45) is 5.73 Å². The van der Waals surface area contributed by atoms with Gasteiger partial charge in [0.15, 0.2) is 0 Å². The van der Waals surface area contributed by atoms with Gasteiger partial charge in [-0.05, 0) is 30.6 Å². The third kappa shape index (κ3) is 6.12. The monoisotopic (exact) mass is 492 g/mol. The highest BCUT2D eigenvalue weighted by molar-refractivity contribution is 8.00. The number of carbonyl (C=O) groups is 1. The van der Waals surface area contributed by atoms with E-state index in [1.165, 1.54) is 11.8 Å². The largest absolute Gasteiger partial charge is 0.373 e. The Hall–Kier alpha value is -3.11. The highest BCUT2D eigenvalue weighted by Gasteiger charge is 2.30. The smallest absolute Gasteiger partial charge is 0.235 e. The van der Waals surface area contributed by atoms with Gasteiger partial charge in [-0.3, -0.25) is 4.79 Å². The Morgan fingerprint density at radius 3 is 2.66 bits per heavy atom. The molecule has 2 aromatic rings. The van der Waals surface area contributed by atoms with Crippen molar-refractivity contribution in [3.63, 3.8) is 0 Å². The number of amides is 1. The molecule has 1 aliphatic heterocycles. The Bertz CT molecular complexity index is 1110. The predicted molar refractivity (Wildman–Crippen MR) is 139 cm³/mol. The van der Waals surface area contributed by atoms with Crippen LogP contribution in [-0.2, 0) is 16.0 Å². The van der Waals surface area contributed by atoms with E-state index >= 15 is 0 Å². The van der Waals surface area contributed by atoms with Crippen LogP contribution in [0.3, 0.4) is 0 Å². The Kier molecular flexibility index (Phi) is 9.50. The van der Waals surface area contributed by atoms with Gasteiger partial charge >= 0.3 is 0 Å². The molecule has 1 amide bonds. The van der Waals surface area contributed by atoms with Crippen molar-refractivity contribution in [3.05, 3.63) is 58.4 Å². The van der Waals surface area contributed by atoms with Gasteiger partial charge in [0, 0.05) is 19.6 Å². The molecule has 8 nitrogen and oxygen atoms in total. The number of aromatic nitrogens is 1. The molecule has 35 heavy (non-hydrogen) atoms. The minimum Gasteiger partial charge on any atom is -0.373 e. The number of hydrogen-bond donors (Lipinski definition) is 1. The second kappa shape index (κ2) is 12.6. The topological polar surface area (TPSA) is 99.8 Å². The van der Waals surface area contributed by atoms with Crippen LogP contribution in [0, 0.1) is 17.9 Å². The van der Waals surface area contributed by atoms with Gasteiger partial charge in [-0.1, -0.05) is 62.9 Å². The summed E-state index contributed by atoms with van der Waals surface area (Å²) in [6, 6.07) is 11.5. The van der Waals surface area contributed by atoms with Crippen LogP contribution in [0.4, 0.5) is 11.5 Å². The predicted octanol–water partition coefficient (Wildman–Crippen LogP) is 3.93. The van der Waals surface area contributed by atoms with Gasteiger partial charge < -0.3 is 20.3 Å². The molecule has 0 saturated carbocycles. The number of benzene rings is 1. The molecule has 1 saturated heterocycles. The number of carbonyl (C=O) groups excluding carboxylic acids is 1. The maximum atomic E-state index is 12.4. The first-order chi connectivity index (χ1) is 17.0. The number of primary amides is 1. The summed E-state index contributed by atoms with van der Waals surface area (Å²) >= 11 is 1.17. The molecule has 2 unspecified atom stereocenters. The van der Waals surface area contributed by atoms with Crippen molar-refractivity contribution in [2.75, 3.05) is 44.2 Å². The lowest BCUT2D eigenvalue weighted by Crippen LogP contribution is -2.48. The third-order valence-corrected chi connectivity index (χ3v) is 7.44. The van der Waals surface area contributed by atoms with E-state index in [1.807, 2.05) is 37.3 Å². The van der Waals surface area contributed by atoms with Crippen LogP contribution in [0.2, 0.25) is 0 Å². The van der Waals surface area contributed by atoms with Crippen LogP contribution in [0.25, 0.3) is 4.85 Å². The average molecular weight is 493 g/mol. The minimum atomic E-state index is -0.702. The van der Waals surface area contributed by atoms with Gasteiger partial charge in [-0.25, -0.2) is 9.83 Å². The number of morpholine rings is 1. The summed E-state index contributed by atoms with van der Waals surface area (Å²) < 4.78 is 6.02. The summed E-state index contributed by atoms with van der Waals surface area (Å²) in [5.74, 6) is 0.0360. The van der Waals surface area contributed by atoms with Crippen LogP contribution in [0.1, 0.15) is 42.7 Å². The number of nitriles is 1. The van der Waals surface area contributed by atoms with Gasteiger partial charge in [-0.15, -0.1) is 0 Å².